The first-order chi connectivity index (χ1) is 14.8. The van der Waals surface area contributed by atoms with Crippen LogP contribution in [0.1, 0.15) is 37.0 Å². The van der Waals surface area contributed by atoms with Gasteiger partial charge in [-0.3, -0.25) is 14.7 Å². The topological polar surface area (TPSA) is 48.5 Å². The quantitative estimate of drug-likeness (QED) is 0.688. The summed E-state index contributed by atoms with van der Waals surface area (Å²) in [5.41, 5.74) is 1.01. The summed E-state index contributed by atoms with van der Waals surface area (Å²) in [5, 5.41) is 3.36. The highest BCUT2D eigenvalue weighted by Crippen LogP contribution is 2.29. The predicted molar refractivity (Wildman–Crippen MR) is 113 cm³/mol. The Morgan fingerprint density at radius 2 is 1.87 bits per heavy atom. The summed E-state index contributed by atoms with van der Waals surface area (Å²) in [7, 11) is 0. The highest BCUT2D eigenvalue weighted by atomic mass is 19.4. The molecule has 1 aromatic heterocycles. The number of carbonyl (C=O) groups is 1. The van der Waals surface area contributed by atoms with Gasteiger partial charge in [-0.2, -0.15) is 13.2 Å². The van der Waals surface area contributed by atoms with Gasteiger partial charge in [-0.15, -0.1) is 0 Å². The number of likely N-dealkylation sites (N-methyl/N-ethyl adjacent to an activating group) is 1. The molecule has 0 radical (unpaired) electrons. The van der Waals surface area contributed by atoms with E-state index in [1.54, 1.807) is 18.5 Å². The standard InChI is InChI=1S/C23H29F3N4O/c1-3-29(4-2)22(31)21-13-20(16-30(21)15-17-8-10-27-11-9-17)28-14-18-6-5-7-19(12-18)23(24,25)26/h5-12,20-21,28H,3-4,13-16H2,1-2H3/t20-,21-/m0/s1. The van der Waals surface area contributed by atoms with Gasteiger partial charge in [0.05, 0.1) is 11.6 Å². The molecule has 1 aliphatic heterocycles. The summed E-state index contributed by atoms with van der Waals surface area (Å²) < 4.78 is 38.9. The van der Waals surface area contributed by atoms with E-state index >= 15 is 0 Å². The Morgan fingerprint density at radius 1 is 1.16 bits per heavy atom. The largest absolute Gasteiger partial charge is 0.416 e. The number of nitrogens with zero attached hydrogens (tertiary/aromatic N) is 3. The summed E-state index contributed by atoms with van der Waals surface area (Å²) >= 11 is 0. The zero-order valence-electron chi connectivity index (χ0n) is 17.9. The van der Waals surface area contributed by atoms with Crippen LogP contribution in [0.25, 0.3) is 0 Å². The van der Waals surface area contributed by atoms with Gasteiger partial charge in [0, 0.05) is 51.2 Å². The number of hydrogen-bond acceptors (Lipinski definition) is 4. The lowest BCUT2D eigenvalue weighted by molar-refractivity contribution is -0.137. The number of amides is 1. The van der Waals surface area contributed by atoms with Crippen LogP contribution in [0.2, 0.25) is 0 Å². The Morgan fingerprint density at radius 3 is 2.52 bits per heavy atom. The second-order valence-electron chi connectivity index (χ2n) is 7.82. The van der Waals surface area contributed by atoms with E-state index in [-0.39, 0.29) is 18.0 Å². The molecule has 0 aliphatic carbocycles. The van der Waals surface area contributed by atoms with Crippen molar-refractivity contribution in [2.45, 2.75) is 51.6 Å². The van der Waals surface area contributed by atoms with E-state index in [1.807, 2.05) is 30.9 Å². The van der Waals surface area contributed by atoms with Crippen LogP contribution in [0.15, 0.2) is 48.8 Å². The average Bonchev–Trinajstić information content (AvgIpc) is 3.16. The zero-order chi connectivity index (χ0) is 22.4. The molecule has 0 spiro atoms. The van der Waals surface area contributed by atoms with E-state index in [4.69, 9.17) is 0 Å². The number of pyridine rings is 1. The van der Waals surface area contributed by atoms with Crippen molar-refractivity contribution in [1.29, 1.82) is 0 Å². The molecule has 0 bridgehead atoms. The molecule has 1 aliphatic rings. The van der Waals surface area contributed by atoms with Crippen molar-refractivity contribution in [1.82, 2.24) is 20.1 Å². The van der Waals surface area contributed by atoms with Crippen LogP contribution in [0.5, 0.6) is 0 Å². The number of likely N-dealkylation sites (tertiary alicyclic amines) is 1. The normalized spacial score (nSPS) is 19.5. The first kappa shape index (κ1) is 23.2. The van der Waals surface area contributed by atoms with Crippen molar-refractivity contribution in [3.63, 3.8) is 0 Å². The molecule has 1 fully saturated rings. The summed E-state index contributed by atoms with van der Waals surface area (Å²) in [6.07, 6.45) is -0.267. The molecule has 1 aromatic carbocycles. The van der Waals surface area contributed by atoms with Crippen LogP contribution in [-0.4, -0.2) is 52.4 Å². The number of hydrogen-bond donors (Lipinski definition) is 1. The maximum atomic E-state index is 13.1. The third-order valence-electron chi connectivity index (χ3n) is 5.75. The van der Waals surface area contributed by atoms with Crippen molar-refractivity contribution >= 4 is 5.91 Å². The number of aromatic nitrogens is 1. The van der Waals surface area contributed by atoms with E-state index in [1.165, 1.54) is 12.1 Å². The summed E-state index contributed by atoms with van der Waals surface area (Å²) in [5.74, 6) is 0.0995. The molecule has 2 heterocycles. The first-order valence-corrected chi connectivity index (χ1v) is 10.6. The lowest BCUT2D eigenvalue weighted by atomic mass is 10.1. The third kappa shape index (κ3) is 6.04. The van der Waals surface area contributed by atoms with E-state index in [0.717, 1.165) is 11.6 Å². The number of benzene rings is 1. The molecule has 2 atom stereocenters. The molecule has 5 nitrogen and oxygen atoms in total. The van der Waals surface area contributed by atoms with Gasteiger partial charge < -0.3 is 10.2 Å². The van der Waals surface area contributed by atoms with Gasteiger partial charge in [-0.1, -0.05) is 18.2 Å². The predicted octanol–water partition coefficient (Wildman–Crippen LogP) is 3.70. The fourth-order valence-corrected chi connectivity index (χ4v) is 4.07. The van der Waals surface area contributed by atoms with Crippen LogP contribution in [0.3, 0.4) is 0 Å². The Balaban J connectivity index is 1.69. The van der Waals surface area contributed by atoms with Gasteiger partial charge in [-0.05, 0) is 49.6 Å². The molecule has 1 amide bonds. The fourth-order valence-electron chi connectivity index (χ4n) is 4.07. The number of carbonyl (C=O) groups excluding carboxylic acids is 1. The lowest BCUT2D eigenvalue weighted by Crippen LogP contribution is -2.45. The molecule has 168 valence electrons. The van der Waals surface area contributed by atoms with Crippen LogP contribution >= 0.6 is 0 Å². The van der Waals surface area contributed by atoms with Gasteiger partial charge >= 0.3 is 6.18 Å². The summed E-state index contributed by atoms with van der Waals surface area (Å²) in [6.45, 7) is 6.83. The van der Waals surface area contributed by atoms with Gasteiger partial charge in [0.15, 0.2) is 0 Å². The molecule has 31 heavy (non-hydrogen) atoms. The third-order valence-corrected chi connectivity index (χ3v) is 5.75. The molecular formula is C23H29F3N4O. The van der Waals surface area contributed by atoms with Crippen LogP contribution in [-0.2, 0) is 24.1 Å². The van der Waals surface area contributed by atoms with Crippen LogP contribution in [0.4, 0.5) is 13.2 Å². The first-order valence-electron chi connectivity index (χ1n) is 10.6. The van der Waals surface area contributed by atoms with Gasteiger partial charge in [-0.25, -0.2) is 0 Å². The number of alkyl halides is 3. The van der Waals surface area contributed by atoms with Crippen molar-refractivity contribution in [3.05, 3.63) is 65.5 Å². The second-order valence-corrected chi connectivity index (χ2v) is 7.82. The van der Waals surface area contributed by atoms with Crippen LogP contribution in [0, 0.1) is 0 Å². The van der Waals surface area contributed by atoms with Crippen molar-refractivity contribution < 1.29 is 18.0 Å². The molecule has 1 saturated heterocycles. The van der Waals surface area contributed by atoms with Gasteiger partial charge in [0.1, 0.15) is 0 Å². The Hall–Kier alpha value is -2.45. The van der Waals surface area contributed by atoms with E-state index in [2.05, 4.69) is 15.2 Å². The number of nitrogens with one attached hydrogen (secondary N) is 1. The van der Waals surface area contributed by atoms with Crippen LogP contribution < -0.4 is 5.32 Å². The van der Waals surface area contributed by atoms with Crippen molar-refractivity contribution in [2.75, 3.05) is 19.6 Å². The molecule has 0 unspecified atom stereocenters. The Bertz CT molecular complexity index is 855. The number of rotatable bonds is 8. The molecule has 3 rings (SSSR count). The maximum Gasteiger partial charge on any atom is 0.416 e. The monoisotopic (exact) mass is 434 g/mol. The average molecular weight is 435 g/mol. The Labute approximate surface area is 181 Å². The van der Waals surface area contributed by atoms with E-state index < -0.39 is 11.7 Å². The van der Waals surface area contributed by atoms with Crippen molar-refractivity contribution in [3.8, 4) is 0 Å². The summed E-state index contributed by atoms with van der Waals surface area (Å²) in [4.78, 5) is 21.1. The molecule has 8 heteroatoms. The van der Waals surface area contributed by atoms with Gasteiger partial charge in [0.25, 0.3) is 0 Å². The minimum absolute atomic E-state index is 0.0147. The minimum Gasteiger partial charge on any atom is -0.342 e. The second kappa shape index (κ2) is 10.2. The minimum atomic E-state index is -4.36. The highest BCUT2D eigenvalue weighted by molar-refractivity contribution is 5.82. The fraction of sp³-hybridized carbons (Fsp3) is 0.478. The Kier molecular flexibility index (Phi) is 7.67. The highest BCUT2D eigenvalue weighted by Gasteiger charge is 2.38. The number of halogens is 3. The zero-order valence-corrected chi connectivity index (χ0v) is 17.9. The SMILES string of the molecule is CCN(CC)C(=O)[C@@H]1C[C@H](NCc2cccc(C(F)(F)F)c2)CN1Cc1ccncc1. The molecular weight excluding hydrogens is 405 g/mol. The lowest BCUT2D eigenvalue weighted by Gasteiger charge is -2.28. The van der Waals surface area contributed by atoms with E-state index in [9.17, 15) is 18.0 Å². The molecule has 0 saturated carbocycles. The van der Waals surface area contributed by atoms with Gasteiger partial charge in [0.2, 0.25) is 5.91 Å². The van der Waals surface area contributed by atoms with Crippen molar-refractivity contribution in [2.24, 2.45) is 0 Å². The molecule has 2 aromatic rings. The molecule has 1 N–H and O–H groups in total. The summed E-state index contributed by atoms with van der Waals surface area (Å²) in [6, 6.07) is 8.99. The maximum absolute atomic E-state index is 13.1. The van der Waals surface area contributed by atoms with E-state index in [0.29, 0.717) is 44.7 Å². The smallest absolute Gasteiger partial charge is 0.342 e.